The summed E-state index contributed by atoms with van der Waals surface area (Å²) in [7, 11) is 0. The van der Waals surface area contributed by atoms with Crippen molar-refractivity contribution in [2.45, 2.75) is 25.7 Å². The second-order valence-corrected chi connectivity index (χ2v) is 5.12. The molecular weight excluding hydrogens is 247 g/mol. The predicted octanol–water partition coefficient (Wildman–Crippen LogP) is 3.45. The Morgan fingerprint density at radius 1 is 1.43 bits per heavy atom. The molecule has 3 heteroatoms. The van der Waals surface area contributed by atoms with E-state index in [4.69, 9.17) is 0 Å². The number of Topliss-reactive ketones (excluding diaryl/α,β-unsaturated/α-hetero) is 1. The van der Waals surface area contributed by atoms with Gasteiger partial charge in [0.1, 0.15) is 5.82 Å². The molecule has 0 saturated carbocycles. The maximum atomic E-state index is 13.4. The van der Waals surface area contributed by atoms with E-state index in [2.05, 4.69) is 15.9 Å². The summed E-state index contributed by atoms with van der Waals surface area (Å²) >= 11 is 3.37. The van der Waals surface area contributed by atoms with Crippen molar-refractivity contribution in [2.24, 2.45) is 0 Å². The molecule has 0 amide bonds. The van der Waals surface area contributed by atoms with Gasteiger partial charge in [0.15, 0.2) is 5.78 Å². The summed E-state index contributed by atoms with van der Waals surface area (Å²) in [4.78, 5) is 11.6. The third-order valence-electron chi connectivity index (χ3n) is 2.66. The van der Waals surface area contributed by atoms with E-state index in [9.17, 15) is 9.18 Å². The third kappa shape index (κ3) is 1.22. The molecule has 0 fully saturated rings. The molecule has 0 bridgehead atoms. The van der Waals surface area contributed by atoms with Crippen molar-refractivity contribution in [2.75, 3.05) is 0 Å². The number of ketones is 1. The smallest absolute Gasteiger partial charge is 0.167 e. The van der Waals surface area contributed by atoms with E-state index in [1.54, 1.807) is 6.07 Å². The van der Waals surface area contributed by atoms with Gasteiger partial charge in [0, 0.05) is 10.9 Å². The van der Waals surface area contributed by atoms with Crippen LogP contribution in [0.2, 0.25) is 0 Å². The summed E-state index contributed by atoms with van der Waals surface area (Å²) in [5.74, 6) is -0.498. The number of hydrogen-bond donors (Lipinski definition) is 0. The number of hydrogen-bond acceptors (Lipinski definition) is 1. The molecule has 2 rings (SSSR count). The van der Waals surface area contributed by atoms with Crippen molar-refractivity contribution in [1.29, 1.82) is 0 Å². The molecule has 0 atom stereocenters. The quantitative estimate of drug-likeness (QED) is 0.695. The van der Waals surface area contributed by atoms with Crippen LogP contribution in [0, 0.1) is 5.82 Å². The number of carbonyl (C=O) groups is 1. The average Bonchev–Trinajstić information content (AvgIpc) is 2.30. The lowest BCUT2D eigenvalue weighted by molar-refractivity contribution is 0.0976. The van der Waals surface area contributed by atoms with Crippen LogP contribution in [-0.4, -0.2) is 5.78 Å². The molecule has 74 valence electrons. The largest absolute Gasteiger partial charge is 0.294 e. The van der Waals surface area contributed by atoms with Crippen LogP contribution < -0.4 is 0 Å². The Kier molecular flexibility index (Phi) is 2.03. The topological polar surface area (TPSA) is 17.1 Å². The highest BCUT2D eigenvalue weighted by molar-refractivity contribution is 9.10. The lowest BCUT2D eigenvalue weighted by atomic mass is 9.86. The highest BCUT2D eigenvalue weighted by Crippen LogP contribution is 2.43. The van der Waals surface area contributed by atoms with Crippen LogP contribution in [0.1, 0.15) is 36.2 Å². The zero-order valence-electron chi connectivity index (χ0n) is 8.03. The van der Waals surface area contributed by atoms with Gasteiger partial charge in [-0.1, -0.05) is 29.8 Å². The van der Waals surface area contributed by atoms with Gasteiger partial charge in [-0.05, 0) is 23.1 Å². The first-order valence-corrected chi connectivity index (χ1v) is 5.24. The van der Waals surface area contributed by atoms with Crippen LogP contribution >= 0.6 is 15.9 Å². The summed E-state index contributed by atoms with van der Waals surface area (Å²) < 4.78 is 14.2. The highest BCUT2D eigenvalue weighted by atomic mass is 79.9. The third-order valence-corrected chi connectivity index (χ3v) is 3.32. The average molecular weight is 257 g/mol. The van der Waals surface area contributed by atoms with Gasteiger partial charge in [-0.2, -0.15) is 0 Å². The number of halogens is 2. The maximum absolute atomic E-state index is 13.4. The number of benzene rings is 1. The fourth-order valence-electron chi connectivity index (χ4n) is 2.06. The first-order valence-electron chi connectivity index (χ1n) is 4.45. The van der Waals surface area contributed by atoms with Crippen LogP contribution in [0.15, 0.2) is 16.6 Å². The summed E-state index contributed by atoms with van der Waals surface area (Å²) in [6.45, 7) is 3.92. The Labute approximate surface area is 90.4 Å². The van der Waals surface area contributed by atoms with Crippen LogP contribution in [0.25, 0.3) is 0 Å². The first-order chi connectivity index (χ1) is 6.43. The summed E-state index contributed by atoms with van der Waals surface area (Å²) in [5, 5.41) is 0. The minimum atomic E-state index is -0.404. The molecular formula is C11H10BrFO. The number of rotatable bonds is 0. The normalized spacial score (nSPS) is 18.4. The Hall–Kier alpha value is -0.700. The number of fused-ring (bicyclic) bond motifs is 1. The summed E-state index contributed by atoms with van der Waals surface area (Å²) in [5.41, 5.74) is 0.819. The van der Waals surface area contributed by atoms with Crippen LogP contribution in [0.3, 0.4) is 0 Å². The molecule has 1 aromatic rings. The van der Waals surface area contributed by atoms with E-state index in [0.29, 0.717) is 6.42 Å². The first kappa shape index (κ1) is 9.84. The Morgan fingerprint density at radius 2 is 2.07 bits per heavy atom. The Morgan fingerprint density at radius 3 is 2.64 bits per heavy atom. The minimum absolute atomic E-state index is 0.0937. The molecule has 0 heterocycles. The summed E-state index contributed by atoms with van der Waals surface area (Å²) in [6, 6.07) is 3.00. The molecule has 1 aliphatic rings. The second kappa shape index (κ2) is 2.89. The Balaban J connectivity index is 2.80. The van der Waals surface area contributed by atoms with Crippen molar-refractivity contribution < 1.29 is 9.18 Å². The predicted molar refractivity (Wildman–Crippen MR) is 56.1 cm³/mol. The lowest BCUT2D eigenvalue weighted by Crippen LogP contribution is -2.13. The molecule has 1 nitrogen and oxygen atoms in total. The van der Waals surface area contributed by atoms with Crippen molar-refractivity contribution in [1.82, 2.24) is 0 Å². The molecule has 1 aromatic carbocycles. The molecule has 0 unspecified atom stereocenters. The second-order valence-electron chi connectivity index (χ2n) is 4.26. The van der Waals surface area contributed by atoms with Gasteiger partial charge < -0.3 is 0 Å². The SMILES string of the molecule is CC1(C)CC(=O)c2c(F)ccc(Br)c21. The van der Waals surface area contributed by atoms with Gasteiger partial charge in [0.05, 0.1) is 5.56 Å². The van der Waals surface area contributed by atoms with E-state index in [0.717, 1.165) is 10.0 Å². The molecule has 0 saturated heterocycles. The van der Waals surface area contributed by atoms with Gasteiger partial charge in [-0.3, -0.25) is 4.79 Å². The van der Waals surface area contributed by atoms with Crippen molar-refractivity contribution in [3.05, 3.63) is 33.5 Å². The van der Waals surface area contributed by atoms with E-state index < -0.39 is 5.82 Å². The maximum Gasteiger partial charge on any atom is 0.167 e. The van der Waals surface area contributed by atoms with Gasteiger partial charge >= 0.3 is 0 Å². The lowest BCUT2D eigenvalue weighted by Gasteiger charge is -2.19. The fourth-order valence-corrected chi connectivity index (χ4v) is 2.93. The van der Waals surface area contributed by atoms with Crippen molar-refractivity contribution >= 4 is 21.7 Å². The fraction of sp³-hybridized carbons (Fsp3) is 0.364. The van der Waals surface area contributed by atoms with Crippen molar-refractivity contribution in [3.8, 4) is 0 Å². The Bertz CT molecular complexity index is 424. The van der Waals surface area contributed by atoms with E-state index in [1.807, 2.05) is 13.8 Å². The zero-order chi connectivity index (χ0) is 10.5. The summed E-state index contributed by atoms with van der Waals surface area (Å²) in [6.07, 6.45) is 0.391. The van der Waals surface area contributed by atoms with E-state index in [1.165, 1.54) is 6.07 Å². The molecule has 0 aliphatic heterocycles. The molecule has 1 aliphatic carbocycles. The molecule has 0 radical (unpaired) electrons. The van der Waals surface area contributed by atoms with Gasteiger partial charge in [-0.25, -0.2) is 4.39 Å². The highest BCUT2D eigenvalue weighted by Gasteiger charge is 2.39. The van der Waals surface area contributed by atoms with E-state index in [-0.39, 0.29) is 16.8 Å². The standard InChI is InChI=1S/C11H10BrFO/c1-11(2)5-8(14)9-7(13)4-3-6(12)10(9)11/h3-4H,5H2,1-2H3. The van der Waals surface area contributed by atoms with Crippen LogP contribution in [0.4, 0.5) is 4.39 Å². The van der Waals surface area contributed by atoms with Crippen molar-refractivity contribution in [3.63, 3.8) is 0 Å². The molecule has 14 heavy (non-hydrogen) atoms. The zero-order valence-corrected chi connectivity index (χ0v) is 9.61. The molecule has 0 spiro atoms. The van der Waals surface area contributed by atoms with Crippen LogP contribution in [-0.2, 0) is 5.41 Å². The van der Waals surface area contributed by atoms with Gasteiger partial charge in [0.2, 0.25) is 0 Å². The molecule has 0 aromatic heterocycles. The minimum Gasteiger partial charge on any atom is -0.294 e. The number of carbonyl (C=O) groups excluding carboxylic acids is 1. The van der Waals surface area contributed by atoms with Gasteiger partial charge in [0.25, 0.3) is 0 Å². The van der Waals surface area contributed by atoms with Crippen LogP contribution in [0.5, 0.6) is 0 Å². The van der Waals surface area contributed by atoms with E-state index >= 15 is 0 Å². The van der Waals surface area contributed by atoms with Gasteiger partial charge in [-0.15, -0.1) is 0 Å². The molecule has 0 N–H and O–H groups in total. The monoisotopic (exact) mass is 256 g/mol.